The molecule has 1 heterocycles. The number of carboxylic acid groups (broad SMARTS) is 1. The van der Waals surface area contributed by atoms with E-state index in [9.17, 15) is 9.59 Å². The summed E-state index contributed by atoms with van der Waals surface area (Å²) in [5.74, 6) is -2.26. The molecular weight excluding hydrogens is 399 g/mol. The molecule has 0 amide bonds. The summed E-state index contributed by atoms with van der Waals surface area (Å²) in [5.41, 5.74) is 11.3. The molecule has 0 fully saturated rings. The van der Waals surface area contributed by atoms with E-state index in [4.69, 9.17) is 28.2 Å². The average Bonchev–Trinajstić information content (AvgIpc) is 2.68. The van der Waals surface area contributed by atoms with Crippen molar-refractivity contribution >= 4 is 29.2 Å². The largest absolute Gasteiger partial charge is 0.481 e. The van der Waals surface area contributed by atoms with Crippen molar-refractivity contribution < 1.29 is 19.1 Å². The van der Waals surface area contributed by atoms with Crippen molar-refractivity contribution in [1.82, 2.24) is 10.3 Å². The molecule has 7 nitrogen and oxygen atoms in total. The molecule has 2 unspecified atom stereocenters. The predicted octanol–water partition coefficient (Wildman–Crippen LogP) is 3.51. The zero-order chi connectivity index (χ0) is 22.1. The first-order valence-electron chi connectivity index (χ1n) is 9.22. The fourth-order valence-electron chi connectivity index (χ4n) is 2.66. The van der Waals surface area contributed by atoms with Gasteiger partial charge in [-0.1, -0.05) is 38.4 Å². The second-order valence-corrected chi connectivity index (χ2v) is 6.37. The Morgan fingerprint density at radius 3 is 2.45 bits per heavy atom. The number of nitrogen functional groups attached to an aromatic ring is 1. The van der Waals surface area contributed by atoms with Gasteiger partial charge in [0.15, 0.2) is 5.78 Å². The maximum Gasteiger partial charge on any atom is 0.306 e. The van der Waals surface area contributed by atoms with Gasteiger partial charge in [-0.2, -0.15) is 0 Å². The minimum absolute atomic E-state index is 0.0391. The highest BCUT2D eigenvalue weighted by molar-refractivity contribution is 6.35. The lowest BCUT2D eigenvalue weighted by atomic mass is 9.96. The first kappa shape index (κ1) is 24.5. The smallest absolute Gasteiger partial charge is 0.306 e. The number of nitrogens with zero attached hydrogens (tertiary/aromatic N) is 1. The van der Waals surface area contributed by atoms with Crippen molar-refractivity contribution in [3.05, 3.63) is 58.0 Å². The third-order valence-electron chi connectivity index (χ3n) is 3.99. The van der Waals surface area contributed by atoms with Crippen LogP contribution in [0.25, 0.3) is 0 Å². The molecule has 2 atom stereocenters. The van der Waals surface area contributed by atoms with Gasteiger partial charge in [0, 0.05) is 23.4 Å². The van der Waals surface area contributed by atoms with Crippen molar-refractivity contribution in [3.8, 4) is 0 Å². The van der Waals surface area contributed by atoms with Crippen LogP contribution in [0.2, 0.25) is 5.02 Å². The molecule has 0 bridgehead atoms. The summed E-state index contributed by atoms with van der Waals surface area (Å²) >= 11 is 6.07. The number of carboxylic acids is 1. The summed E-state index contributed by atoms with van der Waals surface area (Å²) in [7, 11) is 0. The molecule has 9 heteroatoms. The molecule has 0 aliphatic heterocycles. The van der Waals surface area contributed by atoms with Crippen molar-refractivity contribution in [2.45, 2.75) is 45.8 Å². The van der Waals surface area contributed by atoms with Gasteiger partial charge in [0.2, 0.25) is 0 Å². The Morgan fingerprint density at radius 2 is 1.93 bits per heavy atom. The third-order valence-corrected chi connectivity index (χ3v) is 4.31. The monoisotopic (exact) mass is 424 g/mol. The zero-order valence-electron chi connectivity index (χ0n) is 16.6. The minimum atomic E-state index is -1.08. The molecule has 6 N–H and O–H groups in total. The van der Waals surface area contributed by atoms with Crippen LogP contribution in [-0.4, -0.2) is 28.0 Å². The molecule has 2 rings (SSSR count). The van der Waals surface area contributed by atoms with Gasteiger partial charge >= 0.3 is 5.97 Å². The molecule has 2 aromatic rings. The van der Waals surface area contributed by atoms with Crippen LogP contribution in [0.5, 0.6) is 0 Å². The van der Waals surface area contributed by atoms with E-state index in [0.717, 1.165) is 0 Å². The van der Waals surface area contributed by atoms with Gasteiger partial charge in [-0.05, 0) is 24.6 Å². The second-order valence-electron chi connectivity index (χ2n) is 5.96. The Labute approximate surface area is 174 Å². The van der Waals surface area contributed by atoms with E-state index in [1.165, 1.54) is 30.5 Å². The van der Waals surface area contributed by atoms with Gasteiger partial charge in [0.25, 0.3) is 0 Å². The highest BCUT2D eigenvalue weighted by Gasteiger charge is 2.25. The molecule has 0 aliphatic carbocycles. The van der Waals surface area contributed by atoms with Gasteiger partial charge in [-0.25, -0.2) is 9.37 Å². The molecule has 0 saturated heterocycles. The molecule has 29 heavy (non-hydrogen) atoms. The van der Waals surface area contributed by atoms with Gasteiger partial charge in [0.05, 0.1) is 23.2 Å². The van der Waals surface area contributed by atoms with Gasteiger partial charge < -0.3 is 16.6 Å². The molecule has 1 aromatic heterocycles. The van der Waals surface area contributed by atoms with Gasteiger partial charge in [-0.3, -0.25) is 14.9 Å². The number of pyridine rings is 1. The third kappa shape index (κ3) is 6.49. The Bertz CT molecular complexity index is 846. The van der Waals surface area contributed by atoms with Crippen molar-refractivity contribution in [1.29, 1.82) is 0 Å². The van der Waals surface area contributed by atoms with Crippen LogP contribution in [0.4, 0.5) is 10.2 Å². The number of nitrogens with two attached hydrogens (primary N) is 2. The second kappa shape index (κ2) is 11.5. The standard InChI is InChI=1S/C18H20ClFN4O3.C2H6/c1-2-12(24-14(22)7-15(25)26)10-4-5-11(19)16(17(10)20)18(27)9-3-6-13(21)23-8-9;1-2/h3-6,8,12,14,24H,2,7,22H2,1H3,(H2,21,23)(H,25,26);1-2H3. The number of hydrogen-bond donors (Lipinski definition) is 4. The number of ketones is 1. The quantitative estimate of drug-likeness (QED) is 0.376. The average molecular weight is 425 g/mol. The first-order valence-corrected chi connectivity index (χ1v) is 9.59. The molecule has 158 valence electrons. The lowest BCUT2D eigenvalue weighted by molar-refractivity contribution is -0.137. The van der Waals surface area contributed by atoms with Crippen LogP contribution in [0.15, 0.2) is 30.5 Å². The fraction of sp³-hybridized carbons (Fsp3) is 0.350. The lowest BCUT2D eigenvalue weighted by Gasteiger charge is -2.23. The highest BCUT2D eigenvalue weighted by Crippen LogP contribution is 2.29. The summed E-state index contributed by atoms with van der Waals surface area (Å²) in [6.45, 7) is 5.78. The molecule has 0 saturated carbocycles. The number of hydrogen-bond acceptors (Lipinski definition) is 6. The number of carbonyl (C=O) groups is 2. The Balaban J connectivity index is 0.00000204. The molecule has 0 aliphatic rings. The van der Waals surface area contributed by atoms with E-state index in [2.05, 4.69) is 10.3 Å². The summed E-state index contributed by atoms with van der Waals surface area (Å²) in [4.78, 5) is 27.3. The highest BCUT2D eigenvalue weighted by atomic mass is 35.5. The molecular formula is C20H26ClFN4O3. The zero-order valence-corrected chi connectivity index (χ0v) is 17.3. The molecule has 1 aromatic carbocycles. The number of anilines is 1. The molecule has 0 spiro atoms. The van der Waals surface area contributed by atoms with Gasteiger partial charge in [-0.15, -0.1) is 0 Å². The van der Waals surface area contributed by atoms with E-state index >= 15 is 4.39 Å². The van der Waals surface area contributed by atoms with Crippen molar-refractivity contribution in [2.75, 3.05) is 5.73 Å². The summed E-state index contributed by atoms with van der Waals surface area (Å²) in [6.07, 6.45) is 0.471. The topological polar surface area (TPSA) is 131 Å². The number of rotatable bonds is 8. The van der Waals surface area contributed by atoms with E-state index in [1.807, 2.05) is 13.8 Å². The van der Waals surface area contributed by atoms with Crippen LogP contribution in [0.1, 0.15) is 61.1 Å². The predicted molar refractivity (Wildman–Crippen MR) is 111 cm³/mol. The van der Waals surface area contributed by atoms with Gasteiger partial charge in [0.1, 0.15) is 11.6 Å². The Morgan fingerprint density at radius 1 is 1.28 bits per heavy atom. The van der Waals surface area contributed by atoms with Crippen LogP contribution in [-0.2, 0) is 4.79 Å². The summed E-state index contributed by atoms with van der Waals surface area (Å²) in [6, 6.07) is 5.15. The first-order chi connectivity index (χ1) is 13.7. The SMILES string of the molecule is CC.CCC(NC(N)CC(=O)O)c1ccc(Cl)c(C(=O)c2ccc(N)nc2)c1F. The molecule has 0 radical (unpaired) electrons. The minimum Gasteiger partial charge on any atom is -0.481 e. The van der Waals surface area contributed by atoms with E-state index in [1.54, 1.807) is 6.92 Å². The number of aliphatic carboxylic acids is 1. The number of aromatic nitrogens is 1. The van der Waals surface area contributed by atoms with Crippen LogP contribution < -0.4 is 16.8 Å². The number of nitrogens with one attached hydrogen (secondary N) is 1. The number of benzene rings is 1. The Kier molecular flexibility index (Phi) is 9.67. The maximum absolute atomic E-state index is 15.2. The summed E-state index contributed by atoms with van der Waals surface area (Å²) < 4.78 is 15.2. The van der Waals surface area contributed by atoms with E-state index < -0.39 is 29.8 Å². The number of halogens is 2. The van der Waals surface area contributed by atoms with E-state index in [0.29, 0.717) is 6.42 Å². The van der Waals surface area contributed by atoms with Crippen molar-refractivity contribution in [3.63, 3.8) is 0 Å². The van der Waals surface area contributed by atoms with Crippen LogP contribution >= 0.6 is 11.6 Å². The Hall–Kier alpha value is -2.55. The van der Waals surface area contributed by atoms with Crippen molar-refractivity contribution in [2.24, 2.45) is 5.73 Å². The summed E-state index contributed by atoms with van der Waals surface area (Å²) in [5, 5.41) is 11.6. The number of carbonyl (C=O) groups excluding carboxylic acids is 1. The normalized spacial score (nSPS) is 12.5. The van der Waals surface area contributed by atoms with E-state index in [-0.39, 0.29) is 34.0 Å². The van der Waals surface area contributed by atoms with Crippen LogP contribution in [0.3, 0.4) is 0 Å². The lowest BCUT2D eigenvalue weighted by Crippen LogP contribution is -2.41. The maximum atomic E-state index is 15.2. The van der Waals surface area contributed by atoms with Crippen LogP contribution in [0, 0.1) is 5.82 Å². The fourth-order valence-corrected chi connectivity index (χ4v) is 2.89.